The SMILES string of the molecule is CN(C(=O)[C@@H]1CC[C@H](C(=O)O)O1)C1CC1. The van der Waals surface area contributed by atoms with Crippen molar-refractivity contribution in [1.29, 1.82) is 0 Å². The molecule has 15 heavy (non-hydrogen) atoms. The first-order valence-electron chi connectivity index (χ1n) is 5.24. The van der Waals surface area contributed by atoms with Crippen LogP contribution in [0, 0.1) is 0 Å². The number of carboxylic acids is 1. The molecule has 1 N–H and O–H groups in total. The van der Waals surface area contributed by atoms with Crippen molar-refractivity contribution < 1.29 is 19.4 Å². The van der Waals surface area contributed by atoms with E-state index in [0.29, 0.717) is 18.9 Å². The summed E-state index contributed by atoms with van der Waals surface area (Å²) in [5.74, 6) is -1.04. The molecule has 5 nitrogen and oxygen atoms in total. The molecule has 0 spiro atoms. The van der Waals surface area contributed by atoms with Gasteiger partial charge in [-0.1, -0.05) is 0 Å². The molecule has 0 bridgehead atoms. The largest absolute Gasteiger partial charge is 0.479 e. The number of rotatable bonds is 3. The van der Waals surface area contributed by atoms with Crippen LogP contribution < -0.4 is 0 Å². The van der Waals surface area contributed by atoms with E-state index in [4.69, 9.17) is 9.84 Å². The first kappa shape index (κ1) is 10.4. The van der Waals surface area contributed by atoms with Crippen LogP contribution in [0.5, 0.6) is 0 Å². The summed E-state index contributed by atoms with van der Waals surface area (Å²) in [4.78, 5) is 24.1. The van der Waals surface area contributed by atoms with Crippen LogP contribution in [0.25, 0.3) is 0 Å². The summed E-state index contributed by atoms with van der Waals surface area (Å²) in [6.45, 7) is 0. The van der Waals surface area contributed by atoms with Crippen molar-refractivity contribution >= 4 is 11.9 Å². The Hall–Kier alpha value is -1.10. The zero-order valence-electron chi connectivity index (χ0n) is 8.68. The van der Waals surface area contributed by atoms with Gasteiger partial charge in [-0.25, -0.2) is 4.79 Å². The zero-order chi connectivity index (χ0) is 11.0. The quantitative estimate of drug-likeness (QED) is 0.729. The third-order valence-corrected chi connectivity index (χ3v) is 3.01. The van der Waals surface area contributed by atoms with Gasteiger partial charge in [-0.15, -0.1) is 0 Å². The Morgan fingerprint density at radius 3 is 2.27 bits per heavy atom. The maximum atomic E-state index is 11.8. The maximum absolute atomic E-state index is 11.8. The average molecular weight is 213 g/mol. The third-order valence-electron chi connectivity index (χ3n) is 3.01. The summed E-state index contributed by atoms with van der Waals surface area (Å²) >= 11 is 0. The Bertz CT molecular complexity index is 287. The van der Waals surface area contributed by atoms with E-state index in [1.165, 1.54) is 0 Å². The molecule has 0 aromatic heterocycles. The molecular formula is C10H15NO4. The van der Waals surface area contributed by atoms with Gasteiger partial charge in [-0.3, -0.25) is 4.79 Å². The molecule has 0 radical (unpaired) electrons. The van der Waals surface area contributed by atoms with E-state index in [0.717, 1.165) is 12.8 Å². The number of likely N-dealkylation sites (N-methyl/N-ethyl adjacent to an activating group) is 1. The second-order valence-electron chi connectivity index (χ2n) is 4.21. The lowest BCUT2D eigenvalue weighted by Crippen LogP contribution is -2.38. The summed E-state index contributed by atoms with van der Waals surface area (Å²) in [7, 11) is 1.76. The van der Waals surface area contributed by atoms with Crippen molar-refractivity contribution in [1.82, 2.24) is 4.90 Å². The number of amides is 1. The van der Waals surface area contributed by atoms with Crippen LogP contribution in [-0.2, 0) is 14.3 Å². The number of hydrogen-bond donors (Lipinski definition) is 1. The Kier molecular flexibility index (Phi) is 2.65. The first-order chi connectivity index (χ1) is 7.09. The zero-order valence-corrected chi connectivity index (χ0v) is 8.68. The van der Waals surface area contributed by atoms with Gasteiger partial charge in [0.05, 0.1) is 0 Å². The van der Waals surface area contributed by atoms with Gasteiger partial charge in [0.1, 0.15) is 6.10 Å². The van der Waals surface area contributed by atoms with Crippen LogP contribution in [0.2, 0.25) is 0 Å². The number of carboxylic acid groups (broad SMARTS) is 1. The molecule has 1 aliphatic heterocycles. The molecule has 1 saturated heterocycles. The predicted octanol–water partition coefficient (Wildman–Crippen LogP) is 0.239. The van der Waals surface area contributed by atoms with Gasteiger partial charge in [0, 0.05) is 13.1 Å². The Morgan fingerprint density at radius 2 is 1.80 bits per heavy atom. The number of nitrogens with zero attached hydrogens (tertiary/aromatic N) is 1. The molecule has 1 aliphatic carbocycles. The van der Waals surface area contributed by atoms with Crippen LogP contribution in [0.3, 0.4) is 0 Å². The highest BCUT2D eigenvalue weighted by Crippen LogP contribution is 2.28. The van der Waals surface area contributed by atoms with Crippen molar-refractivity contribution in [3.05, 3.63) is 0 Å². The summed E-state index contributed by atoms with van der Waals surface area (Å²) in [6.07, 6.45) is 1.72. The van der Waals surface area contributed by atoms with Crippen molar-refractivity contribution in [3.8, 4) is 0 Å². The normalized spacial score (nSPS) is 30.2. The van der Waals surface area contributed by atoms with Crippen molar-refractivity contribution in [3.63, 3.8) is 0 Å². The fraction of sp³-hybridized carbons (Fsp3) is 0.800. The maximum Gasteiger partial charge on any atom is 0.332 e. The molecule has 2 fully saturated rings. The second kappa shape index (κ2) is 3.81. The molecule has 1 amide bonds. The fourth-order valence-electron chi connectivity index (χ4n) is 1.87. The molecular weight excluding hydrogens is 198 g/mol. The molecule has 1 saturated carbocycles. The smallest absolute Gasteiger partial charge is 0.332 e. The summed E-state index contributed by atoms with van der Waals surface area (Å²) in [5, 5.41) is 8.72. The van der Waals surface area contributed by atoms with Gasteiger partial charge >= 0.3 is 5.97 Å². The number of carbonyl (C=O) groups excluding carboxylic acids is 1. The van der Waals surface area contributed by atoms with Crippen molar-refractivity contribution in [2.45, 2.75) is 43.9 Å². The number of hydrogen-bond acceptors (Lipinski definition) is 3. The lowest BCUT2D eigenvalue weighted by Gasteiger charge is -2.20. The number of ether oxygens (including phenoxy) is 1. The van der Waals surface area contributed by atoms with E-state index in [-0.39, 0.29) is 5.91 Å². The Labute approximate surface area is 88.0 Å². The van der Waals surface area contributed by atoms with Gasteiger partial charge < -0.3 is 14.7 Å². The molecule has 2 aliphatic rings. The van der Waals surface area contributed by atoms with Crippen LogP contribution in [0.1, 0.15) is 25.7 Å². The van der Waals surface area contributed by atoms with E-state index in [9.17, 15) is 9.59 Å². The lowest BCUT2D eigenvalue weighted by molar-refractivity contribution is -0.154. The number of aliphatic carboxylic acids is 1. The van der Waals surface area contributed by atoms with Crippen molar-refractivity contribution in [2.24, 2.45) is 0 Å². The first-order valence-corrected chi connectivity index (χ1v) is 5.24. The van der Waals surface area contributed by atoms with E-state index in [1.54, 1.807) is 11.9 Å². The van der Waals surface area contributed by atoms with Gasteiger partial charge in [-0.05, 0) is 25.7 Å². The molecule has 84 valence electrons. The lowest BCUT2D eigenvalue weighted by atomic mass is 10.2. The van der Waals surface area contributed by atoms with E-state index < -0.39 is 18.2 Å². The van der Waals surface area contributed by atoms with E-state index in [2.05, 4.69) is 0 Å². The minimum Gasteiger partial charge on any atom is -0.479 e. The van der Waals surface area contributed by atoms with Crippen LogP contribution in [0.4, 0.5) is 0 Å². The highest BCUT2D eigenvalue weighted by molar-refractivity contribution is 5.83. The molecule has 2 rings (SSSR count). The Balaban J connectivity index is 1.89. The monoisotopic (exact) mass is 213 g/mol. The molecule has 0 unspecified atom stereocenters. The molecule has 0 aromatic rings. The summed E-state index contributed by atoms with van der Waals surface area (Å²) < 4.78 is 5.19. The Morgan fingerprint density at radius 1 is 1.20 bits per heavy atom. The topological polar surface area (TPSA) is 66.8 Å². The fourth-order valence-corrected chi connectivity index (χ4v) is 1.87. The van der Waals surface area contributed by atoms with E-state index in [1.807, 2.05) is 0 Å². The van der Waals surface area contributed by atoms with E-state index >= 15 is 0 Å². The predicted molar refractivity (Wildman–Crippen MR) is 51.3 cm³/mol. The van der Waals surface area contributed by atoms with Crippen LogP contribution in [0.15, 0.2) is 0 Å². The van der Waals surface area contributed by atoms with Crippen LogP contribution >= 0.6 is 0 Å². The van der Waals surface area contributed by atoms with Gasteiger partial charge in [0.2, 0.25) is 0 Å². The molecule has 0 aromatic carbocycles. The van der Waals surface area contributed by atoms with Crippen molar-refractivity contribution in [2.75, 3.05) is 7.05 Å². The van der Waals surface area contributed by atoms with Gasteiger partial charge in [0.15, 0.2) is 6.10 Å². The average Bonchev–Trinajstić information content (AvgIpc) is 2.93. The summed E-state index contributed by atoms with van der Waals surface area (Å²) in [5.41, 5.74) is 0. The number of carbonyl (C=O) groups is 2. The second-order valence-corrected chi connectivity index (χ2v) is 4.21. The van der Waals surface area contributed by atoms with Gasteiger partial charge in [0.25, 0.3) is 5.91 Å². The minimum atomic E-state index is -0.973. The standard InChI is InChI=1S/C10H15NO4/c1-11(6-2-3-6)9(12)7-4-5-8(15-7)10(13)14/h6-8H,2-5H2,1H3,(H,13,14)/t7-,8+/m0/s1. The highest BCUT2D eigenvalue weighted by atomic mass is 16.5. The molecule has 1 heterocycles. The van der Waals surface area contributed by atoms with Gasteiger partial charge in [-0.2, -0.15) is 0 Å². The molecule has 2 atom stereocenters. The minimum absolute atomic E-state index is 0.0683. The third kappa shape index (κ3) is 2.12. The molecule has 5 heteroatoms. The highest BCUT2D eigenvalue weighted by Gasteiger charge is 2.39. The van der Waals surface area contributed by atoms with Crippen LogP contribution in [-0.4, -0.2) is 47.2 Å². The summed E-state index contributed by atoms with van der Waals surface area (Å²) in [6, 6.07) is 0.352.